The molecule has 0 aliphatic carbocycles. The van der Waals surface area contributed by atoms with Gasteiger partial charge in [-0.15, -0.1) is 11.6 Å². The lowest BCUT2D eigenvalue weighted by molar-refractivity contribution is 0.484. The van der Waals surface area contributed by atoms with Gasteiger partial charge in [0, 0.05) is 10.9 Å². The van der Waals surface area contributed by atoms with Crippen LogP contribution in [0.15, 0.2) is 48.5 Å². The first-order valence-electron chi connectivity index (χ1n) is 6.45. The largest absolute Gasteiger partial charge is 0.117 e. The number of rotatable bonds is 4. The van der Waals surface area contributed by atoms with Crippen LogP contribution in [0, 0.1) is 12.0 Å². The highest BCUT2D eigenvalue weighted by atomic mass is 35.5. The molecular weight excluding hydrogens is 275 g/mol. The van der Waals surface area contributed by atoms with Gasteiger partial charge in [0.25, 0.3) is 0 Å². The van der Waals surface area contributed by atoms with Crippen molar-refractivity contribution in [1.82, 2.24) is 0 Å². The van der Waals surface area contributed by atoms with E-state index < -0.39 is 0 Å². The number of hydrogen-bond donors (Lipinski definition) is 0. The minimum Gasteiger partial charge on any atom is -0.117 e. The maximum absolute atomic E-state index is 6.70. The summed E-state index contributed by atoms with van der Waals surface area (Å²) >= 11 is 12.6. The topological polar surface area (TPSA) is 0 Å². The van der Waals surface area contributed by atoms with Crippen LogP contribution in [0.2, 0.25) is 5.02 Å². The highest BCUT2D eigenvalue weighted by Crippen LogP contribution is 2.41. The molecule has 0 heterocycles. The average molecular weight is 292 g/mol. The summed E-state index contributed by atoms with van der Waals surface area (Å²) in [4.78, 5) is 0. The van der Waals surface area contributed by atoms with Crippen molar-refractivity contribution in [3.8, 4) is 0 Å². The van der Waals surface area contributed by atoms with Crippen LogP contribution in [0.3, 0.4) is 0 Å². The Labute approximate surface area is 125 Å². The quantitative estimate of drug-likeness (QED) is 0.619. The number of benzene rings is 2. The maximum atomic E-state index is 6.70. The van der Waals surface area contributed by atoms with Gasteiger partial charge < -0.3 is 0 Å². The van der Waals surface area contributed by atoms with E-state index in [0.29, 0.717) is 5.92 Å². The van der Waals surface area contributed by atoms with Crippen molar-refractivity contribution in [2.75, 3.05) is 0 Å². The van der Waals surface area contributed by atoms with Gasteiger partial charge in [0.1, 0.15) is 0 Å². The standard InChI is InChI=1S/C17H17Cl2/c1-12(2)16(13-6-4-3-5-7-13)17(19)14-8-10-15(18)11-9-14/h4-12,16-17H,1-2H3. The van der Waals surface area contributed by atoms with E-state index in [1.165, 1.54) is 5.56 Å². The van der Waals surface area contributed by atoms with Crippen molar-refractivity contribution in [3.63, 3.8) is 0 Å². The average Bonchev–Trinajstić information content (AvgIpc) is 2.40. The zero-order valence-electron chi connectivity index (χ0n) is 11.1. The molecule has 99 valence electrons. The summed E-state index contributed by atoms with van der Waals surface area (Å²) in [5.41, 5.74) is 2.36. The normalized spacial score (nSPS) is 14.4. The van der Waals surface area contributed by atoms with Crippen LogP contribution in [0.5, 0.6) is 0 Å². The van der Waals surface area contributed by atoms with E-state index in [1.807, 2.05) is 36.4 Å². The molecule has 0 aliphatic rings. The van der Waals surface area contributed by atoms with Crippen molar-refractivity contribution in [1.29, 1.82) is 0 Å². The molecule has 0 bridgehead atoms. The van der Waals surface area contributed by atoms with E-state index in [-0.39, 0.29) is 11.3 Å². The molecule has 0 saturated carbocycles. The van der Waals surface area contributed by atoms with Crippen molar-refractivity contribution in [2.45, 2.75) is 25.1 Å². The van der Waals surface area contributed by atoms with Crippen LogP contribution >= 0.6 is 23.2 Å². The molecule has 2 atom stereocenters. The molecule has 2 aromatic carbocycles. The summed E-state index contributed by atoms with van der Waals surface area (Å²) in [6.07, 6.45) is 0. The highest BCUT2D eigenvalue weighted by Gasteiger charge is 2.25. The molecule has 2 heteroatoms. The second kappa shape index (κ2) is 6.45. The van der Waals surface area contributed by atoms with Gasteiger partial charge in [0.15, 0.2) is 0 Å². The lowest BCUT2D eigenvalue weighted by Crippen LogP contribution is -2.13. The molecule has 0 saturated heterocycles. The molecule has 0 spiro atoms. The van der Waals surface area contributed by atoms with Gasteiger partial charge in [-0.1, -0.05) is 61.8 Å². The van der Waals surface area contributed by atoms with Crippen LogP contribution in [-0.2, 0) is 0 Å². The first-order valence-corrected chi connectivity index (χ1v) is 7.26. The highest BCUT2D eigenvalue weighted by molar-refractivity contribution is 6.30. The van der Waals surface area contributed by atoms with Gasteiger partial charge in [-0.05, 0) is 35.2 Å². The summed E-state index contributed by atoms with van der Waals surface area (Å²) in [5.74, 6) is 0.734. The Bertz CT molecular complexity index is 503. The molecule has 0 N–H and O–H groups in total. The maximum Gasteiger partial charge on any atom is 0.0656 e. The third kappa shape index (κ3) is 3.52. The fourth-order valence-corrected chi connectivity index (χ4v) is 3.08. The minimum absolute atomic E-state index is 0.0559. The number of halogens is 2. The van der Waals surface area contributed by atoms with E-state index in [4.69, 9.17) is 23.2 Å². The molecule has 1 radical (unpaired) electrons. The Balaban J connectivity index is 2.32. The molecule has 0 aliphatic heterocycles. The van der Waals surface area contributed by atoms with Gasteiger partial charge in [-0.2, -0.15) is 0 Å². The second-order valence-electron chi connectivity index (χ2n) is 5.06. The molecule has 0 aromatic heterocycles. The van der Waals surface area contributed by atoms with Crippen LogP contribution in [0.1, 0.15) is 36.3 Å². The third-order valence-corrected chi connectivity index (χ3v) is 4.13. The first-order chi connectivity index (χ1) is 9.09. The van der Waals surface area contributed by atoms with Crippen LogP contribution in [0.4, 0.5) is 0 Å². The zero-order valence-corrected chi connectivity index (χ0v) is 12.6. The van der Waals surface area contributed by atoms with Gasteiger partial charge >= 0.3 is 0 Å². The first kappa shape index (κ1) is 14.4. The monoisotopic (exact) mass is 291 g/mol. The van der Waals surface area contributed by atoms with Crippen molar-refractivity contribution in [2.24, 2.45) is 5.92 Å². The summed E-state index contributed by atoms with van der Waals surface area (Å²) < 4.78 is 0. The van der Waals surface area contributed by atoms with Crippen LogP contribution in [0.25, 0.3) is 0 Å². The predicted octanol–water partition coefficient (Wildman–Crippen LogP) is 5.86. The summed E-state index contributed by atoms with van der Waals surface area (Å²) in [7, 11) is 0. The fraction of sp³-hybridized carbons (Fsp3) is 0.294. The van der Waals surface area contributed by atoms with E-state index in [9.17, 15) is 0 Å². The summed E-state index contributed by atoms with van der Waals surface area (Å²) in [6, 6.07) is 18.9. The molecule has 0 amide bonds. The molecule has 2 aromatic rings. The zero-order chi connectivity index (χ0) is 13.8. The predicted molar refractivity (Wildman–Crippen MR) is 82.9 cm³/mol. The Kier molecular flexibility index (Phi) is 4.90. The Morgan fingerprint density at radius 1 is 0.895 bits per heavy atom. The molecule has 0 nitrogen and oxygen atoms in total. The lowest BCUT2D eigenvalue weighted by atomic mass is 9.83. The molecule has 0 fully saturated rings. The Hall–Kier alpha value is -0.980. The third-order valence-electron chi connectivity index (χ3n) is 3.35. The summed E-state index contributed by atoms with van der Waals surface area (Å²) in [5, 5.41) is 0.683. The van der Waals surface area contributed by atoms with Crippen molar-refractivity contribution >= 4 is 23.2 Å². The molecule has 2 rings (SSSR count). The van der Waals surface area contributed by atoms with Crippen molar-refractivity contribution in [3.05, 3.63) is 70.7 Å². The summed E-state index contributed by atoms with van der Waals surface area (Å²) in [6.45, 7) is 4.40. The molecular formula is C17H17Cl2. The van der Waals surface area contributed by atoms with Gasteiger partial charge in [0.05, 0.1) is 5.38 Å². The van der Waals surface area contributed by atoms with E-state index >= 15 is 0 Å². The SMILES string of the molecule is CC(C)C(c1cc[c]cc1)C(Cl)c1ccc(Cl)cc1. The van der Waals surface area contributed by atoms with E-state index in [0.717, 1.165) is 10.6 Å². The molecule has 19 heavy (non-hydrogen) atoms. The van der Waals surface area contributed by atoms with E-state index in [1.54, 1.807) is 0 Å². The second-order valence-corrected chi connectivity index (χ2v) is 5.96. The van der Waals surface area contributed by atoms with Gasteiger partial charge in [-0.25, -0.2) is 0 Å². The van der Waals surface area contributed by atoms with Crippen LogP contribution < -0.4 is 0 Å². The number of alkyl halides is 1. The van der Waals surface area contributed by atoms with Crippen molar-refractivity contribution < 1.29 is 0 Å². The molecule has 2 unspecified atom stereocenters. The van der Waals surface area contributed by atoms with Crippen LogP contribution in [-0.4, -0.2) is 0 Å². The van der Waals surface area contributed by atoms with Gasteiger partial charge in [0.2, 0.25) is 0 Å². The lowest BCUT2D eigenvalue weighted by Gasteiger charge is -2.26. The van der Waals surface area contributed by atoms with Gasteiger partial charge in [-0.3, -0.25) is 0 Å². The Morgan fingerprint density at radius 2 is 1.47 bits per heavy atom. The number of hydrogen-bond acceptors (Lipinski definition) is 0. The Morgan fingerprint density at radius 3 is 2.00 bits per heavy atom. The van der Waals surface area contributed by atoms with E-state index in [2.05, 4.69) is 32.0 Å². The fourth-order valence-electron chi connectivity index (χ4n) is 2.37. The minimum atomic E-state index is -0.0559. The smallest absolute Gasteiger partial charge is 0.0656 e.